The Morgan fingerprint density at radius 1 is 1.41 bits per heavy atom. The van der Waals surface area contributed by atoms with E-state index in [0.717, 1.165) is 11.5 Å². The van der Waals surface area contributed by atoms with Gasteiger partial charge in [0.25, 0.3) is 5.91 Å². The summed E-state index contributed by atoms with van der Waals surface area (Å²) in [5, 5.41) is 2.84. The van der Waals surface area contributed by atoms with Gasteiger partial charge in [-0.05, 0) is 30.4 Å². The van der Waals surface area contributed by atoms with Crippen LogP contribution in [0, 0.1) is 0 Å². The first-order chi connectivity index (χ1) is 8.17. The van der Waals surface area contributed by atoms with Crippen LogP contribution in [0.5, 0.6) is 0 Å². The maximum Gasteiger partial charge on any atom is 0.251 e. The highest BCUT2D eigenvalue weighted by molar-refractivity contribution is 7.98. The summed E-state index contributed by atoms with van der Waals surface area (Å²) in [6.07, 6.45) is 0. The molecule has 0 aliphatic rings. The second-order valence-corrected chi connectivity index (χ2v) is 5.22. The van der Waals surface area contributed by atoms with Crippen LogP contribution in [0.15, 0.2) is 24.3 Å². The first kappa shape index (κ1) is 14.1. The van der Waals surface area contributed by atoms with E-state index in [0.29, 0.717) is 12.1 Å². The fraction of sp³-hybridized carbons (Fsp3) is 0.462. The molecule has 0 fully saturated rings. The van der Waals surface area contributed by atoms with Crippen LogP contribution in [-0.2, 0) is 5.75 Å². The summed E-state index contributed by atoms with van der Waals surface area (Å²) in [5.74, 6) is 2.05. The Bertz CT molecular complexity index is 351. The van der Waals surface area contributed by atoms with Gasteiger partial charge in [0.05, 0.1) is 0 Å². The number of thioether (sulfide) groups is 1. The summed E-state index contributed by atoms with van der Waals surface area (Å²) in [6.45, 7) is 4.49. The SMILES string of the molecule is CCSCc1ccc(C(=O)N[C@@H](C)CN)cc1. The lowest BCUT2D eigenvalue weighted by Crippen LogP contribution is -2.37. The molecular weight excluding hydrogens is 232 g/mol. The number of nitrogens with one attached hydrogen (secondary N) is 1. The molecule has 0 heterocycles. The van der Waals surface area contributed by atoms with Crippen molar-refractivity contribution >= 4 is 17.7 Å². The minimum Gasteiger partial charge on any atom is -0.348 e. The van der Waals surface area contributed by atoms with Crippen molar-refractivity contribution in [1.82, 2.24) is 5.32 Å². The van der Waals surface area contributed by atoms with Crippen LogP contribution in [0.2, 0.25) is 0 Å². The molecule has 4 heteroatoms. The molecule has 0 radical (unpaired) electrons. The van der Waals surface area contributed by atoms with Crippen LogP contribution in [0.4, 0.5) is 0 Å². The van der Waals surface area contributed by atoms with E-state index in [-0.39, 0.29) is 11.9 Å². The van der Waals surface area contributed by atoms with Crippen LogP contribution in [0.3, 0.4) is 0 Å². The number of carbonyl (C=O) groups excluding carboxylic acids is 1. The lowest BCUT2D eigenvalue weighted by Gasteiger charge is -2.11. The standard InChI is InChI=1S/C13H20N2OS/c1-3-17-9-11-4-6-12(7-5-11)13(16)15-10(2)8-14/h4-7,10H,3,8-9,14H2,1-2H3,(H,15,16)/t10-/m0/s1. The summed E-state index contributed by atoms with van der Waals surface area (Å²) in [5.41, 5.74) is 7.40. The van der Waals surface area contributed by atoms with Gasteiger partial charge in [-0.25, -0.2) is 0 Å². The Labute approximate surface area is 107 Å². The highest BCUT2D eigenvalue weighted by Gasteiger charge is 2.07. The van der Waals surface area contributed by atoms with Crippen LogP contribution in [-0.4, -0.2) is 24.2 Å². The fourth-order valence-electron chi connectivity index (χ4n) is 1.34. The van der Waals surface area contributed by atoms with Gasteiger partial charge in [0.2, 0.25) is 0 Å². The number of nitrogens with two attached hydrogens (primary N) is 1. The van der Waals surface area contributed by atoms with E-state index in [4.69, 9.17) is 5.73 Å². The lowest BCUT2D eigenvalue weighted by atomic mass is 10.1. The summed E-state index contributed by atoms with van der Waals surface area (Å²) in [6, 6.07) is 7.75. The first-order valence-corrected chi connectivity index (χ1v) is 7.00. The molecule has 0 aliphatic heterocycles. The first-order valence-electron chi connectivity index (χ1n) is 5.85. The number of amides is 1. The minimum atomic E-state index is -0.0577. The largest absolute Gasteiger partial charge is 0.348 e. The summed E-state index contributed by atoms with van der Waals surface area (Å²) >= 11 is 1.87. The zero-order chi connectivity index (χ0) is 12.7. The van der Waals surface area contributed by atoms with Crippen molar-refractivity contribution in [3.8, 4) is 0 Å². The van der Waals surface area contributed by atoms with Gasteiger partial charge in [-0.1, -0.05) is 19.1 Å². The van der Waals surface area contributed by atoms with Gasteiger partial charge in [0.1, 0.15) is 0 Å². The van der Waals surface area contributed by atoms with E-state index in [1.807, 2.05) is 43.0 Å². The molecule has 1 aromatic carbocycles. The average molecular weight is 252 g/mol. The number of rotatable bonds is 6. The van der Waals surface area contributed by atoms with E-state index < -0.39 is 0 Å². The summed E-state index contributed by atoms with van der Waals surface area (Å²) in [7, 11) is 0. The van der Waals surface area contributed by atoms with Gasteiger partial charge in [-0.15, -0.1) is 0 Å². The molecule has 0 spiro atoms. The van der Waals surface area contributed by atoms with Gasteiger partial charge >= 0.3 is 0 Å². The molecule has 0 aliphatic carbocycles. The zero-order valence-electron chi connectivity index (χ0n) is 10.4. The monoisotopic (exact) mass is 252 g/mol. The zero-order valence-corrected chi connectivity index (χ0v) is 11.2. The van der Waals surface area contributed by atoms with E-state index in [2.05, 4.69) is 12.2 Å². The third-order valence-corrected chi connectivity index (χ3v) is 3.37. The van der Waals surface area contributed by atoms with Gasteiger partial charge in [-0.2, -0.15) is 11.8 Å². The number of benzene rings is 1. The maximum absolute atomic E-state index is 11.8. The van der Waals surface area contributed by atoms with Crippen molar-refractivity contribution in [3.05, 3.63) is 35.4 Å². The average Bonchev–Trinajstić information content (AvgIpc) is 2.36. The van der Waals surface area contributed by atoms with Crippen molar-refractivity contribution < 1.29 is 4.79 Å². The van der Waals surface area contributed by atoms with Crippen LogP contribution in [0.1, 0.15) is 29.8 Å². The van der Waals surface area contributed by atoms with Gasteiger partial charge < -0.3 is 11.1 Å². The predicted octanol–water partition coefficient (Wildman–Crippen LogP) is 2.02. The van der Waals surface area contributed by atoms with Crippen molar-refractivity contribution in [2.45, 2.75) is 25.6 Å². The Kier molecular flexibility index (Phi) is 6.08. The molecule has 3 N–H and O–H groups in total. The van der Waals surface area contributed by atoms with Crippen LogP contribution >= 0.6 is 11.8 Å². The van der Waals surface area contributed by atoms with Crippen LogP contribution < -0.4 is 11.1 Å². The van der Waals surface area contributed by atoms with Crippen molar-refractivity contribution in [2.24, 2.45) is 5.73 Å². The normalized spacial score (nSPS) is 12.2. The molecule has 94 valence electrons. The third kappa shape index (κ3) is 4.79. The molecule has 0 saturated carbocycles. The third-order valence-electron chi connectivity index (χ3n) is 2.42. The van der Waals surface area contributed by atoms with Crippen molar-refractivity contribution in [3.63, 3.8) is 0 Å². The minimum absolute atomic E-state index is 0.0119. The van der Waals surface area contributed by atoms with Crippen molar-refractivity contribution in [2.75, 3.05) is 12.3 Å². The molecule has 0 saturated heterocycles. The fourth-order valence-corrected chi connectivity index (χ4v) is 1.97. The van der Waals surface area contributed by atoms with Gasteiger partial charge in [0, 0.05) is 23.9 Å². The highest BCUT2D eigenvalue weighted by atomic mass is 32.2. The Balaban J connectivity index is 2.57. The molecule has 0 aromatic heterocycles. The van der Waals surface area contributed by atoms with Crippen LogP contribution in [0.25, 0.3) is 0 Å². The second-order valence-electron chi connectivity index (χ2n) is 3.94. The molecule has 1 aromatic rings. The number of hydrogen-bond donors (Lipinski definition) is 2. The van der Waals surface area contributed by atoms with E-state index in [1.54, 1.807) is 0 Å². The molecule has 1 rings (SSSR count). The molecule has 1 amide bonds. The predicted molar refractivity (Wildman–Crippen MR) is 74.3 cm³/mol. The second kappa shape index (κ2) is 7.35. The molecule has 17 heavy (non-hydrogen) atoms. The maximum atomic E-state index is 11.8. The Hall–Kier alpha value is -1.00. The Morgan fingerprint density at radius 3 is 2.59 bits per heavy atom. The molecule has 0 bridgehead atoms. The highest BCUT2D eigenvalue weighted by Crippen LogP contribution is 2.12. The van der Waals surface area contributed by atoms with Gasteiger partial charge in [0.15, 0.2) is 0 Å². The van der Waals surface area contributed by atoms with Gasteiger partial charge in [-0.3, -0.25) is 4.79 Å². The van der Waals surface area contributed by atoms with Crippen molar-refractivity contribution in [1.29, 1.82) is 0 Å². The lowest BCUT2D eigenvalue weighted by molar-refractivity contribution is 0.0941. The summed E-state index contributed by atoms with van der Waals surface area (Å²) < 4.78 is 0. The summed E-state index contributed by atoms with van der Waals surface area (Å²) in [4.78, 5) is 11.8. The molecular formula is C13H20N2OS. The van der Waals surface area contributed by atoms with E-state index in [9.17, 15) is 4.79 Å². The topological polar surface area (TPSA) is 55.1 Å². The smallest absolute Gasteiger partial charge is 0.251 e. The molecule has 3 nitrogen and oxygen atoms in total. The number of carbonyl (C=O) groups is 1. The quantitative estimate of drug-likeness (QED) is 0.814. The van der Waals surface area contributed by atoms with E-state index in [1.165, 1.54) is 5.56 Å². The number of hydrogen-bond acceptors (Lipinski definition) is 3. The van der Waals surface area contributed by atoms with E-state index >= 15 is 0 Å². The Morgan fingerprint density at radius 2 is 2.06 bits per heavy atom. The molecule has 1 atom stereocenters. The molecule has 0 unspecified atom stereocenters.